The highest BCUT2D eigenvalue weighted by molar-refractivity contribution is 5.56. The van der Waals surface area contributed by atoms with Gasteiger partial charge in [-0.3, -0.25) is 0 Å². The standard InChI is InChI=1S/C13H15FN2/c1-9(10(2)16-3)6-11-4-5-13(14)12(7-11)8-15/h4-7,10,16H,1-3H3/b9-6+. The summed E-state index contributed by atoms with van der Waals surface area (Å²) >= 11 is 0. The van der Waals surface area contributed by atoms with Gasteiger partial charge in [0, 0.05) is 6.04 Å². The molecule has 3 heteroatoms. The van der Waals surface area contributed by atoms with Crippen molar-refractivity contribution >= 4 is 6.08 Å². The van der Waals surface area contributed by atoms with Crippen LogP contribution in [0.2, 0.25) is 0 Å². The van der Waals surface area contributed by atoms with Gasteiger partial charge >= 0.3 is 0 Å². The van der Waals surface area contributed by atoms with Crippen LogP contribution in [0.5, 0.6) is 0 Å². The Morgan fingerprint density at radius 1 is 1.56 bits per heavy atom. The number of nitriles is 1. The molecule has 1 N–H and O–H groups in total. The van der Waals surface area contributed by atoms with Crippen molar-refractivity contribution in [3.05, 3.63) is 40.7 Å². The van der Waals surface area contributed by atoms with Crippen molar-refractivity contribution in [1.29, 1.82) is 5.26 Å². The summed E-state index contributed by atoms with van der Waals surface area (Å²) in [6.07, 6.45) is 1.95. The van der Waals surface area contributed by atoms with E-state index in [1.54, 1.807) is 12.1 Å². The van der Waals surface area contributed by atoms with Gasteiger partial charge in [-0.05, 0) is 38.6 Å². The number of likely N-dealkylation sites (N-methyl/N-ethyl adjacent to an activating group) is 1. The lowest BCUT2D eigenvalue weighted by Gasteiger charge is -2.10. The number of hydrogen-bond donors (Lipinski definition) is 1. The zero-order chi connectivity index (χ0) is 12.1. The zero-order valence-electron chi connectivity index (χ0n) is 9.71. The van der Waals surface area contributed by atoms with Crippen molar-refractivity contribution < 1.29 is 4.39 Å². The average Bonchev–Trinajstić information content (AvgIpc) is 2.30. The van der Waals surface area contributed by atoms with Crippen LogP contribution in [0.4, 0.5) is 4.39 Å². The van der Waals surface area contributed by atoms with Crippen LogP contribution in [0, 0.1) is 17.1 Å². The summed E-state index contributed by atoms with van der Waals surface area (Å²) in [5.74, 6) is -0.473. The molecule has 1 aromatic rings. The Morgan fingerprint density at radius 3 is 2.81 bits per heavy atom. The highest BCUT2D eigenvalue weighted by Gasteiger charge is 2.03. The first-order chi connectivity index (χ1) is 7.58. The maximum atomic E-state index is 13.1. The lowest BCUT2D eigenvalue weighted by Crippen LogP contribution is -2.21. The van der Waals surface area contributed by atoms with Crippen LogP contribution >= 0.6 is 0 Å². The van der Waals surface area contributed by atoms with E-state index in [9.17, 15) is 4.39 Å². The van der Waals surface area contributed by atoms with E-state index in [0.29, 0.717) is 0 Å². The van der Waals surface area contributed by atoms with E-state index in [0.717, 1.165) is 11.1 Å². The third kappa shape index (κ3) is 2.91. The van der Waals surface area contributed by atoms with E-state index < -0.39 is 5.82 Å². The Morgan fingerprint density at radius 2 is 2.25 bits per heavy atom. The van der Waals surface area contributed by atoms with Crippen molar-refractivity contribution in [1.82, 2.24) is 5.32 Å². The number of halogens is 1. The lowest BCUT2D eigenvalue weighted by atomic mass is 10.0. The molecule has 1 aromatic carbocycles. The minimum absolute atomic E-state index is 0.0821. The van der Waals surface area contributed by atoms with Crippen molar-refractivity contribution in [3.63, 3.8) is 0 Å². The molecular formula is C13H15FN2. The average molecular weight is 218 g/mol. The van der Waals surface area contributed by atoms with E-state index >= 15 is 0 Å². The maximum Gasteiger partial charge on any atom is 0.140 e. The van der Waals surface area contributed by atoms with Crippen LogP contribution < -0.4 is 5.32 Å². The molecule has 0 amide bonds. The minimum Gasteiger partial charge on any atom is -0.314 e. The Labute approximate surface area is 95.4 Å². The van der Waals surface area contributed by atoms with Gasteiger partial charge < -0.3 is 5.32 Å². The first-order valence-corrected chi connectivity index (χ1v) is 5.13. The second-order valence-electron chi connectivity index (χ2n) is 3.75. The number of benzene rings is 1. The van der Waals surface area contributed by atoms with Crippen molar-refractivity contribution in [3.8, 4) is 6.07 Å². The van der Waals surface area contributed by atoms with Gasteiger partial charge in [-0.25, -0.2) is 4.39 Å². The fraction of sp³-hybridized carbons (Fsp3) is 0.308. The van der Waals surface area contributed by atoms with Crippen LogP contribution in [-0.4, -0.2) is 13.1 Å². The molecule has 1 atom stereocenters. The minimum atomic E-state index is -0.473. The number of nitrogens with zero attached hydrogens (tertiary/aromatic N) is 1. The van der Waals surface area contributed by atoms with Gasteiger partial charge in [-0.2, -0.15) is 5.26 Å². The smallest absolute Gasteiger partial charge is 0.140 e. The Bertz CT molecular complexity index is 444. The monoisotopic (exact) mass is 218 g/mol. The van der Waals surface area contributed by atoms with Gasteiger partial charge in [0.2, 0.25) is 0 Å². The molecule has 0 bridgehead atoms. The Balaban J connectivity index is 3.03. The quantitative estimate of drug-likeness (QED) is 0.846. The molecule has 2 nitrogen and oxygen atoms in total. The number of hydrogen-bond acceptors (Lipinski definition) is 2. The molecule has 0 spiro atoms. The van der Waals surface area contributed by atoms with Gasteiger partial charge in [0.25, 0.3) is 0 Å². The normalized spacial score (nSPS) is 13.3. The topological polar surface area (TPSA) is 35.8 Å². The first kappa shape index (κ1) is 12.4. The molecule has 84 valence electrons. The first-order valence-electron chi connectivity index (χ1n) is 5.13. The van der Waals surface area contributed by atoms with Crippen molar-refractivity contribution in [2.24, 2.45) is 0 Å². The van der Waals surface area contributed by atoms with Crippen LogP contribution in [0.1, 0.15) is 25.0 Å². The molecule has 16 heavy (non-hydrogen) atoms. The molecule has 0 saturated heterocycles. The number of rotatable bonds is 3. The molecule has 0 heterocycles. The summed E-state index contributed by atoms with van der Waals surface area (Å²) in [4.78, 5) is 0. The molecule has 0 aliphatic carbocycles. The zero-order valence-corrected chi connectivity index (χ0v) is 9.71. The molecule has 1 unspecified atom stereocenters. The molecule has 0 radical (unpaired) electrons. The highest BCUT2D eigenvalue weighted by atomic mass is 19.1. The second kappa shape index (κ2) is 5.43. The maximum absolute atomic E-state index is 13.1. The predicted molar refractivity (Wildman–Crippen MR) is 63.3 cm³/mol. The lowest BCUT2D eigenvalue weighted by molar-refractivity contribution is 0.624. The van der Waals surface area contributed by atoms with Gasteiger partial charge in [-0.15, -0.1) is 0 Å². The van der Waals surface area contributed by atoms with Gasteiger partial charge in [0.15, 0.2) is 0 Å². The van der Waals surface area contributed by atoms with Crippen LogP contribution in [-0.2, 0) is 0 Å². The van der Waals surface area contributed by atoms with E-state index in [2.05, 4.69) is 5.32 Å². The van der Waals surface area contributed by atoms with Gasteiger partial charge in [0.05, 0.1) is 5.56 Å². The summed E-state index contributed by atoms with van der Waals surface area (Å²) in [6.45, 7) is 4.04. The third-order valence-corrected chi connectivity index (χ3v) is 2.62. The Kier molecular flexibility index (Phi) is 4.21. The van der Waals surface area contributed by atoms with Crippen molar-refractivity contribution in [2.45, 2.75) is 19.9 Å². The van der Waals surface area contributed by atoms with E-state index in [1.165, 1.54) is 6.07 Å². The summed E-state index contributed by atoms with van der Waals surface area (Å²) in [7, 11) is 1.88. The third-order valence-electron chi connectivity index (χ3n) is 2.62. The SMILES string of the molecule is CNC(C)/C(C)=C/c1ccc(F)c(C#N)c1. The molecule has 0 fully saturated rings. The fourth-order valence-electron chi connectivity index (χ4n) is 1.33. The molecular weight excluding hydrogens is 203 g/mol. The summed E-state index contributed by atoms with van der Waals surface area (Å²) in [5.41, 5.74) is 2.06. The largest absolute Gasteiger partial charge is 0.314 e. The van der Waals surface area contributed by atoms with Crippen LogP contribution in [0.3, 0.4) is 0 Å². The van der Waals surface area contributed by atoms with Crippen LogP contribution in [0.25, 0.3) is 6.08 Å². The highest BCUT2D eigenvalue weighted by Crippen LogP contribution is 2.14. The van der Waals surface area contributed by atoms with E-state index in [1.807, 2.05) is 33.0 Å². The fourth-order valence-corrected chi connectivity index (χ4v) is 1.33. The second-order valence-corrected chi connectivity index (χ2v) is 3.75. The summed E-state index contributed by atoms with van der Waals surface area (Å²) in [6, 6.07) is 6.64. The van der Waals surface area contributed by atoms with Crippen molar-refractivity contribution in [2.75, 3.05) is 7.05 Å². The number of nitrogens with one attached hydrogen (secondary N) is 1. The molecule has 0 aliphatic heterocycles. The van der Waals surface area contributed by atoms with E-state index in [4.69, 9.17) is 5.26 Å². The van der Waals surface area contributed by atoms with Crippen LogP contribution in [0.15, 0.2) is 23.8 Å². The molecule has 1 rings (SSSR count). The molecule has 0 aliphatic rings. The molecule has 0 aromatic heterocycles. The van der Waals surface area contributed by atoms with E-state index in [-0.39, 0.29) is 11.6 Å². The summed E-state index contributed by atoms with van der Waals surface area (Å²) < 4.78 is 13.1. The predicted octanol–water partition coefficient (Wildman–Crippen LogP) is 2.71. The molecule has 0 saturated carbocycles. The summed E-state index contributed by atoms with van der Waals surface area (Å²) in [5, 5.41) is 11.8. The van der Waals surface area contributed by atoms with Gasteiger partial charge in [-0.1, -0.05) is 17.7 Å². The Hall–Kier alpha value is -1.66. The van der Waals surface area contributed by atoms with Gasteiger partial charge in [0.1, 0.15) is 11.9 Å².